The monoisotopic (exact) mass is 384 g/mol. The van der Waals surface area contributed by atoms with Gasteiger partial charge in [0.1, 0.15) is 5.82 Å². The largest absolute Gasteiger partial charge is 0.353 e. The van der Waals surface area contributed by atoms with E-state index in [0.717, 1.165) is 49.9 Å². The van der Waals surface area contributed by atoms with Gasteiger partial charge in [-0.2, -0.15) is 0 Å². The van der Waals surface area contributed by atoms with Crippen molar-refractivity contribution in [1.29, 1.82) is 0 Å². The first kappa shape index (κ1) is 18.1. The third-order valence-corrected chi connectivity index (χ3v) is 7.73. The summed E-state index contributed by atoms with van der Waals surface area (Å²) in [6, 6.07) is 5.90. The molecule has 150 valence electrons. The summed E-state index contributed by atoms with van der Waals surface area (Å²) in [4.78, 5) is 27.6. The van der Waals surface area contributed by atoms with E-state index in [9.17, 15) is 14.0 Å². The van der Waals surface area contributed by atoms with Crippen molar-refractivity contribution < 1.29 is 14.0 Å². The van der Waals surface area contributed by atoms with Crippen LogP contribution in [0.25, 0.3) is 0 Å². The van der Waals surface area contributed by atoms with Crippen LogP contribution in [0.3, 0.4) is 0 Å². The molecule has 0 atom stereocenters. The second-order valence-electron chi connectivity index (χ2n) is 9.74. The van der Waals surface area contributed by atoms with Crippen LogP contribution in [0.1, 0.15) is 61.7 Å². The summed E-state index contributed by atoms with van der Waals surface area (Å²) in [6.45, 7) is 1.28. The maximum Gasteiger partial charge on any atom is 0.253 e. The van der Waals surface area contributed by atoms with Crippen LogP contribution in [0.15, 0.2) is 24.3 Å². The summed E-state index contributed by atoms with van der Waals surface area (Å²) in [7, 11) is 0. The van der Waals surface area contributed by atoms with Gasteiger partial charge in [0.05, 0.1) is 0 Å². The first-order valence-corrected chi connectivity index (χ1v) is 10.9. The predicted molar refractivity (Wildman–Crippen MR) is 104 cm³/mol. The molecule has 4 saturated carbocycles. The zero-order chi connectivity index (χ0) is 19.3. The Labute approximate surface area is 165 Å². The Morgan fingerprint density at radius 3 is 2.00 bits per heavy atom. The van der Waals surface area contributed by atoms with E-state index < -0.39 is 0 Å². The first-order valence-electron chi connectivity index (χ1n) is 10.9. The minimum atomic E-state index is -0.331. The Morgan fingerprint density at radius 1 is 0.929 bits per heavy atom. The van der Waals surface area contributed by atoms with E-state index in [-0.39, 0.29) is 29.1 Å². The normalized spacial score (nSPS) is 34.5. The van der Waals surface area contributed by atoms with Crippen molar-refractivity contribution in [2.24, 2.45) is 23.2 Å². The fourth-order valence-electron chi connectivity index (χ4n) is 6.73. The maximum absolute atomic E-state index is 13.2. The van der Waals surface area contributed by atoms with Gasteiger partial charge >= 0.3 is 0 Å². The Hall–Kier alpha value is -1.91. The molecule has 2 amide bonds. The highest BCUT2D eigenvalue weighted by molar-refractivity contribution is 5.94. The molecule has 4 nitrogen and oxygen atoms in total. The lowest BCUT2D eigenvalue weighted by molar-refractivity contribution is -0.147. The van der Waals surface area contributed by atoms with Crippen LogP contribution in [-0.4, -0.2) is 35.8 Å². The molecule has 0 spiro atoms. The van der Waals surface area contributed by atoms with Crippen LogP contribution in [0.4, 0.5) is 4.39 Å². The van der Waals surface area contributed by atoms with Gasteiger partial charge in [0.25, 0.3) is 5.91 Å². The number of piperidine rings is 1. The zero-order valence-corrected chi connectivity index (χ0v) is 16.3. The molecule has 5 fully saturated rings. The number of nitrogens with one attached hydrogen (secondary N) is 1. The average molecular weight is 384 g/mol. The van der Waals surface area contributed by atoms with Crippen LogP contribution in [0.5, 0.6) is 0 Å². The van der Waals surface area contributed by atoms with E-state index >= 15 is 0 Å². The molecule has 4 bridgehead atoms. The Bertz CT molecular complexity index is 732. The summed E-state index contributed by atoms with van der Waals surface area (Å²) < 4.78 is 13.1. The van der Waals surface area contributed by atoms with Crippen molar-refractivity contribution in [3.63, 3.8) is 0 Å². The highest BCUT2D eigenvalue weighted by Gasteiger charge is 2.54. The zero-order valence-electron chi connectivity index (χ0n) is 16.3. The van der Waals surface area contributed by atoms with E-state index in [4.69, 9.17) is 0 Å². The average Bonchev–Trinajstić information content (AvgIpc) is 2.67. The number of likely N-dealkylation sites (tertiary alicyclic amines) is 1. The fourth-order valence-corrected chi connectivity index (χ4v) is 6.73. The Morgan fingerprint density at radius 2 is 1.46 bits per heavy atom. The van der Waals surface area contributed by atoms with E-state index in [2.05, 4.69) is 5.32 Å². The van der Waals surface area contributed by atoms with Gasteiger partial charge in [0.2, 0.25) is 5.91 Å². The third-order valence-electron chi connectivity index (χ3n) is 7.73. The SMILES string of the molecule is O=C(c1ccc(F)cc1)N1CCC(NC(=O)C23CC4CC(CC(C4)C2)C3)CC1. The van der Waals surface area contributed by atoms with Gasteiger partial charge in [-0.15, -0.1) is 0 Å². The van der Waals surface area contributed by atoms with Gasteiger partial charge in [0, 0.05) is 30.1 Å². The first-order chi connectivity index (χ1) is 13.5. The van der Waals surface area contributed by atoms with Crippen LogP contribution < -0.4 is 5.32 Å². The summed E-state index contributed by atoms with van der Waals surface area (Å²) >= 11 is 0. The number of carbonyl (C=O) groups excluding carboxylic acids is 2. The van der Waals surface area contributed by atoms with E-state index in [1.54, 1.807) is 12.1 Å². The molecule has 28 heavy (non-hydrogen) atoms. The molecular formula is C23H29FN2O2. The van der Waals surface area contributed by atoms with Gasteiger partial charge in [-0.25, -0.2) is 4.39 Å². The second kappa shape index (κ2) is 6.85. The minimum Gasteiger partial charge on any atom is -0.353 e. The van der Waals surface area contributed by atoms with Crippen LogP contribution in [0, 0.1) is 29.0 Å². The lowest BCUT2D eigenvalue weighted by atomic mass is 9.49. The predicted octanol–water partition coefficient (Wildman–Crippen LogP) is 3.76. The number of hydrogen-bond acceptors (Lipinski definition) is 2. The quantitative estimate of drug-likeness (QED) is 0.863. The number of benzene rings is 1. The van der Waals surface area contributed by atoms with Crippen LogP contribution in [0.2, 0.25) is 0 Å². The fraction of sp³-hybridized carbons (Fsp3) is 0.652. The Kier molecular flexibility index (Phi) is 4.44. The molecule has 1 N–H and O–H groups in total. The van der Waals surface area contributed by atoms with Crippen molar-refractivity contribution >= 4 is 11.8 Å². The molecule has 1 heterocycles. The van der Waals surface area contributed by atoms with Crippen molar-refractivity contribution in [3.8, 4) is 0 Å². The molecule has 1 aromatic carbocycles. The van der Waals surface area contributed by atoms with Gasteiger partial charge < -0.3 is 10.2 Å². The molecule has 1 saturated heterocycles. The highest BCUT2D eigenvalue weighted by Crippen LogP contribution is 2.60. The van der Waals surface area contributed by atoms with Crippen LogP contribution in [-0.2, 0) is 4.79 Å². The highest BCUT2D eigenvalue weighted by atomic mass is 19.1. The maximum atomic E-state index is 13.2. The smallest absolute Gasteiger partial charge is 0.253 e. The number of carbonyl (C=O) groups is 2. The van der Waals surface area contributed by atoms with Crippen molar-refractivity contribution in [2.45, 2.75) is 57.4 Å². The topological polar surface area (TPSA) is 49.4 Å². The lowest BCUT2D eigenvalue weighted by Gasteiger charge is -2.56. The van der Waals surface area contributed by atoms with Crippen molar-refractivity contribution in [1.82, 2.24) is 10.2 Å². The van der Waals surface area contributed by atoms with Crippen molar-refractivity contribution in [3.05, 3.63) is 35.6 Å². The number of amides is 2. The molecule has 5 heteroatoms. The third kappa shape index (κ3) is 3.23. The lowest BCUT2D eigenvalue weighted by Crippen LogP contribution is -2.56. The minimum absolute atomic E-state index is 0.0501. The molecule has 0 aromatic heterocycles. The summed E-state index contributed by atoms with van der Waals surface area (Å²) in [5.41, 5.74) is 0.424. The molecule has 5 aliphatic rings. The van der Waals surface area contributed by atoms with E-state index in [0.29, 0.717) is 18.7 Å². The van der Waals surface area contributed by atoms with Crippen LogP contribution >= 0.6 is 0 Å². The number of hydrogen-bond donors (Lipinski definition) is 1. The molecule has 0 unspecified atom stereocenters. The number of rotatable bonds is 3. The molecule has 6 rings (SSSR count). The summed E-state index contributed by atoms with van der Waals surface area (Å²) in [5.74, 6) is 2.22. The van der Waals surface area contributed by atoms with Gasteiger partial charge in [-0.3, -0.25) is 9.59 Å². The van der Waals surface area contributed by atoms with E-state index in [1.807, 2.05) is 4.90 Å². The molecule has 4 aliphatic carbocycles. The standard InChI is InChI=1S/C23H29FN2O2/c24-19-3-1-18(2-4-19)21(27)26-7-5-20(6-8-26)25-22(28)23-12-15-9-16(13-23)11-17(10-15)14-23/h1-4,15-17,20H,5-14H2,(H,25,28). The van der Waals surface area contributed by atoms with E-state index in [1.165, 1.54) is 31.4 Å². The van der Waals surface area contributed by atoms with Gasteiger partial charge in [0.15, 0.2) is 0 Å². The number of nitrogens with zero attached hydrogens (tertiary/aromatic N) is 1. The van der Waals surface area contributed by atoms with Gasteiger partial charge in [-0.05, 0) is 93.4 Å². The summed E-state index contributed by atoms with van der Waals surface area (Å²) in [6.07, 6.45) is 8.89. The molecule has 1 aromatic rings. The molecule has 0 radical (unpaired) electrons. The summed E-state index contributed by atoms with van der Waals surface area (Å²) in [5, 5.41) is 3.36. The molecule has 1 aliphatic heterocycles. The van der Waals surface area contributed by atoms with Crippen molar-refractivity contribution in [2.75, 3.05) is 13.1 Å². The Balaban J connectivity index is 1.17. The second-order valence-corrected chi connectivity index (χ2v) is 9.74. The molecular weight excluding hydrogens is 355 g/mol. The number of halogens is 1. The van der Waals surface area contributed by atoms with Gasteiger partial charge in [-0.1, -0.05) is 0 Å².